The van der Waals surface area contributed by atoms with Crippen LogP contribution in [0.3, 0.4) is 0 Å². The second-order valence-corrected chi connectivity index (χ2v) is 3.05. The van der Waals surface area contributed by atoms with Crippen molar-refractivity contribution in [3.8, 4) is 0 Å². The monoisotopic (exact) mass is 163 g/mol. The van der Waals surface area contributed by atoms with Crippen molar-refractivity contribution < 1.29 is 0 Å². The normalized spacial score (nSPS) is 10.2. The van der Waals surface area contributed by atoms with Crippen LogP contribution in [0.1, 0.15) is 5.56 Å². The summed E-state index contributed by atoms with van der Waals surface area (Å²) in [6, 6.07) is 5.00. The minimum absolute atomic E-state index is 0.854. The van der Waals surface area contributed by atoms with E-state index in [9.17, 15) is 0 Å². The minimum atomic E-state index is 0.854. The van der Waals surface area contributed by atoms with Crippen molar-refractivity contribution in [3.63, 3.8) is 0 Å². The van der Waals surface area contributed by atoms with Gasteiger partial charge in [-0.25, -0.2) is 0 Å². The van der Waals surface area contributed by atoms with E-state index in [0.717, 1.165) is 6.54 Å². The third-order valence-electron chi connectivity index (χ3n) is 1.43. The molecule has 0 bridgehead atoms. The van der Waals surface area contributed by atoms with Crippen molar-refractivity contribution in [2.45, 2.75) is 6.54 Å². The van der Waals surface area contributed by atoms with Crippen LogP contribution in [-0.2, 0) is 6.54 Å². The molecule has 0 spiro atoms. The highest BCUT2D eigenvalue weighted by Gasteiger charge is 1.93. The zero-order chi connectivity index (χ0) is 7.52. The van der Waals surface area contributed by atoms with Gasteiger partial charge in [0.2, 0.25) is 0 Å². The summed E-state index contributed by atoms with van der Waals surface area (Å²) in [5.74, 6) is 0. The first-order valence-corrected chi connectivity index (χ1v) is 4.29. The Balaban J connectivity index is 2.14. The molecular weight excluding hydrogens is 156 g/mol. The summed E-state index contributed by atoms with van der Waals surface area (Å²) in [7, 11) is 0. The third-order valence-corrected chi connectivity index (χ3v) is 2.16. The lowest BCUT2D eigenvalue weighted by molar-refractivity contribution is 0.688. The Hall–Kier alpha value is -1.09. The fourth-order valence-electron chi connectivity index (χ4n) is 0.916. The molecule has 0 saturated carbocycles. The number of hydrogen-bond donors (Lipinski definition) is 0. The molecule has 0 saturated heterocycles. The number of thiophene rings is 1. The van der Waals surface area contributed by atoms with Crippen molar-refractivity contribution in [1.29, 1.82) is 0 Å². The third kappa shape index (κ3) is 1.49. The molecule has 0 atom stereocenters. The van der Waals surface area contributed by atoms with Crippen LogP contribution in [0.5, 0.6) is 0 Å². The molecule has 1 radical (unpaired) electrons. The molecule has 2 aromatic heterocycles. The van der Waals surface area contributed by atoms with E-state index in [-0.39, 0.29) is 0 Å². The smallest absolute Gasteiger partial charge is 0.0667 e. The predicted molar refractivity (Wildman–Crippen MR) is 44.5 cm³/mol. The molecule has 0 aromatic carbocycles. The number of rotatable bonds is 2. The second-order valence-electron chi connectivity index (χ2n) is 2.27. The number of aromatic nitrogens is 2. The molecule has 55 valence electrons. The first kappa shape index (κ1) is 6.61. The minimum Gasteiger partial charge on any atom is -0.268 e. The Kier molecular flexibility index (Phi) is 1.73. The van der Waals surface area contributed by atoms with Crippen LogP contribution in [0.2, 0.25) is 0 Å². The van der Waals surface area contributed by atoms with Gasteiger partial charge in [-0.2, -0.15) is 16.4 Å². The maximum absolute atomic E-state index is 4.06. The molecule has 2 nitrogen and oxygen atoms in total. The van der Waals surface area contributed by atoms with Gasteiger partial charge in [-0.15, -0.1) is 0 Å². The number of nitrogens with zero attached hydrogens (tertiary/aromatic N) is 2. The van der Waals surface area contributed by atoms with Crippen molar-refractivity contribution >= 4 is 11.3 Å². The van der Waals surface area contributed by atoms with Crippen molar-refractivity contribution in [1.82, 2.24) is 9.78 Å². The Morgan fingerprint density at radius 1 is 1.64 bits per heavy atom. The van der Waals surface area contributed by atoms with Crippen LogP contribution in [0.15, 0.2) is 29.2 Å². The Morgan fingerprint density at radius 2 is 2.64 bits per heavy atom. The Morgan fingerprint density at radius 3 is 3.27 bits per heavy atom. The first-order chi connectivity index (χ1) is 5.45. The van der Waals surface area contributed by atoms with Crippen molar-refractivity contribution in [3.05, 3.63) is 40.8 Å². The van der Waals surface area contributed by atoms with E-state index < -0.39 is 0 Å². The summed E-state index contributed by atoms with van der Waals surface area (Å²) >= 11 is 1.71. The van der Waals surface area contributed by atoms with E-state index >= 15 is 0 Å². The van der Waals surface area contributed by atoms with Gasteiger partial charge in [0.05, 0.1) is 12.7 Å². The van der Waals surface area contributed by atoms with Gasteiger partial charge in [-0.05, 0) is 22.4 Å². The van der Waals surface area contributed by atoms with Gasteiger partial charge in [0, 0.05) is 12.3 Å². The molecule has 2 aromatic rings. The van der Waals surface area contributed by atoms with Gasteiger partial charge in [0.1, 0.15) is 0 Å². The zero-order valence-electron chi connectivity index (χ0n) is 5.90. The van der Waals surface area contributed by atoms with Crippen LogP contribution >= 0.6 is 11.3 Å². The fraction of sp³-hybridized carbons (Fsp3) is 0.125. The fourth-order valence-corrected chi connectivity index (χ4v) is 1.58. The highest BCUT2D eigenvalue weighted by molar-refractivity contribution is 7.07. The highest BCUT2D eigenvalue weighted by atomic mass is 32.1. The van der Waals surface area contributed by atoms with E-state index in [0.29, 0.717) is 0 Å². The maximum Gasteiger partial charge on any atom is 0.0667 e. The molecule has 0 unspecified atom stereocenters. The average molecular weight is 163 g/mol. The predicted octanol–water partition coefficient (Wildman–Crippen LogP) is 1.79. The second kappa shape index (κ2) is 2.88. The van der Waals surface area contributed by atoms with Crippen LogP contribution in [0.4, 0.5) is 0 Å². The van der Waals surface area contributed by atoms with E-state index in [1.807, 2.05) is 10.9 Å². The first-order valence-electron chi connectivity index (χ1n) is 3.35. The van der Waals surface area contributed by atoms with Gasteiger partial charge in [-0.1, -0.05) is 0 Å². The van der Waals surface area contributed by atoms with Crippen LogP contribution in [-0.4, -0.2) is 9.78 Å². The lowest BCUT2D eigenvalue weighted by Gasteiger charge is -1.95. The summed E-state index contributed by atoms with van der Waals surface area (Å²) in [5.41, 5.74) is 1.30. The van der Waals surface area contributed by atoms with E-state index in [1.165, 1.54) is 5.56 Å². The lowest BCUT2D eigenvalue weighted by Crippen LogP contribution is -1.97. The summed E-state index contributed by atoms with van der Waals surface area (Å²) < 4.78 is 1.86. The highest BCUT2D eigenvalue weighted by Crippen LogP contribution is 2.06. The topological polar surface area (TPSA) is 17.8 Å². The number of hydrogen-bond acceptors (Lipinski definition) is 2. The molecule has 2 rings (SSSR count). The van der Waals surface area contributed by atoms with E-state index in [2.05, 4.69) is 28.0 Å². The maximum atomic E-state index is 4.06. The molecule has 0 fully saturated rings. The Bertz CT molecular complexity index is 264. The van der Waals surface area contributed by atoms with Gasteiger partial charge in [0.15, 0.2) is 0 Å². The SMILES string of the molecule is [c]1cnn(Cc2ccsc2)c1. The molecule has 0 N–H and O–H groups in total. The average Bonchev–Trinajstić information content (AvgIpc) is 2.60. The van der Waals surface area contributed by atoms with E-state index in [1.54, 1.807) is 17.5 Å². The van der Waals surface area contributed by atoms with Gasteiger partial charge >= 0.3 is 0 Å². The molecule has 2 heterocycles. The van der Waals surface area contributed by atoms with E-state index in [4.69, 9.17) is 0 Å². The molecule has 0 aliphatic carbocycles. The van der Waals surface area contributed by atoms with Crippen LogP contribution in [0.25, 0.3) is 0 Å². The summed E-state index contributed by atoms with van der Waals surface area (Å²) in [4.78, 5) is 0. The van der Waals surface area contributed by atoms with Crippen LogP contribution in [0, 0.1) is 6.07 Å². The largest absolute Gasteiger partial charge is 0.268 e. The van der Waals surface area contributed by atoms with Crippen molar-refractivity contribution in [2.24, 2.45) is 0 Å². The van der Waals surface area contributed by atoms with Gasteiger partial charge in [0.25, 0.3) is 0 Å². The Labute approximate surface area is 69.1 Å². The lowest BCUT2D eigenvalue weighted by atomic mass is 10.3. The standard InChI is InChI=1S/C8H7N2S/c1-3-9-10(4-1)6-8-2-5-11-7-8/h2-5,7H,6H2. The molecule has 3 heteroatoms. The molecule has 11 heavy (non-hydrogen) atoms. The summed E-state index contributed by atoms with van der Waals surface area (Å²) in [6.45, 7) is 0.854. The van der Waals surface area contributed by atoms with Gasteiger partial charge in [-0.3, -0.25) is 4.68 Å². The molecule has 0 aliphatic heterocycles. The summed E-state index contributed by atoms with van der Waals surface area (Å²) in [6.07, 6.45) is 3.52. The zero-order valence-corrected chi connectivity index (χ0v) is 6.71. The van der Waals surface area contributed by atoms with Gasteiger partial charge < -0.3 is 0 Å². The summed E-state index contributed by atoms with van der Waals surface area (Å²) in [5, 5.41) is 8.26. The molecular formula is C8H7N2S. The quantitative estimate of drug-likeness (QED) is 0.660. The molecule has 0 aliphatic rings. The molecule has 0 amide bonds. The van der Waals surface area contributed by atoms with Crippen LogP contribution < -0.4 is 0 Å². The van der Waals surface area contributed by atoms with Crippen molar-refractivity contribution in [2.75, 3.05) is 0 Å².